The molecule has 0 unspecified atom stereocenters. The van der Waals surface area contributed by atoms with Crippen molar-refractivity contribution >= 4 is 17.0 Å². The van der Waals surface area contributed by atoms with Gasteiger partial charge in [0, 0.05) is 6.42 Å². The third-order valence-corrected chi connectivity index (χ3v) is 3.14. The number of hydrogen-bond acceptors (Lipinski definition) is 6. The standard InChI is InChI=1S/C11H14N4O3/c12-9-2-1-6-11(14-9)15(5-13-6)10-3-7(17)8(4-16)18-10/h1-2,5,7-8,10,16-17H,3-4H2,(H2,12,14)/t7-,8+,10+/m0/s1. The lowest BCUT2D eigenvalue weighted by atomic mass is 10.2. The fraction of sp³-hybridized carbons (Fsp3) is 0.455. The van der Waals surface area contributed by atoms with Crippen LogP contribution in [0.3, 0.4) is 0 Å². The Labute approximate surface area is 103 Å². The van der Waals surface area contributed by atoms with Crippen LogP contribution in [-0.4, -0.2) is 43.6 Å². The molecular weight excluding hydrogens is 236 g/mol. The minimum Gasteiger partial charge on any atom is -0.394 e. The fourth-order valence-electron chi connectivity index (χ4n) is 2.19. The number of aliphatic hydroxyl groups is 2. The van der Waals surface area contributed by atoms with E-state index in [1.807, 2.05) is 0 Å². The normalized spacial score (nSPS) is 28.0. The van der Waals surface area contributed by atoms with E-state index in [0.29, 0.717) is 17.9 Å². The van der Waals surface area contributed by atoms with Gasteiger partial charge < -0.3 is 20.7 Å². The molecule has 96 valence electrons. The van der Waals surface area contributed by atoms with E-state index in [2.05, 4.69) is 9.97 Å². The number of fused-ring (bicyclic) bond motifs is 1. The number of nitrogen functional groups attached to an aromatic ring is 1. The van der Waals surface area contributed by atoms with Crippen molar-refractivity contribution in [1.82, 2.24) is 14.5 Å². The highest BCUT2D eigenvalue weighted by Gasteiger charge is 2.35. The van der Waals surface area contributed by atoms with Crippen molar-refractivity contribution in [2.24, 2.45) is 0 Å². The Balaban J connectivity index is 1.98. The van der Waals surface area contributed by atoms with Gasteiger partial charge in [0.15, 0.2) is 5.65 Å². The second-order valence-electron chi connectivity index (χ2n) is 4.35. The number of nitrogens with zero attached hydrogens (tertiary/aromatic N) is 3. The molecule has 0 aliphatic carbocycles. The van der Waals surface area contributed by atoms with Gasteiger partial charge in [0.1, 0.15) is 23.7 Å². The summed E-state index contributed by atoms with van der Waals surface area (Å²) in [6.07, 6.45) is 0.380. The highest BCUT2D eigenvalue weighted by molar-refractivity contribution is 5.72. The van der Waals surface area contributed by atoms with Gasteiger partial charge in [-0.15, -0.1) is 0 Å². The molecular formula is C11H14N4O3. The fourth-order valence-corrected chi connectivity index (χ4v) is 2.19. The van der Waals surface area contributed by atoms with E-state index in [-0.39, 0.29) is 12.8 Å². The zero-order valence-electron chi connectivity index (χ0n) is 9.60. The maximum atomic E-state index is 9.72. The van der Waals surface area contributed by atoms with E-state index >= 15 is 0 Å². The Hall–Kier alpha value is -1.70. The first-order valence-electron chi connectivity index (χ1n) is 5.72. The van der Waals surface area contributed by atoms with Gasteiger partial charge >= 0.3 is 0 Å². The van der Waals surface area contributed by atoms with Gasteiger partial charge in [-0.25, -0.2) is 9.97 Å². The van der Waals surface area contributed by atoms with Crippen LogP contribution in [0.25, 0.3) is 11.2 Å². The molecule has 7 heteroatoms. The lowest BCUT2D eigenvalue weighted by molar-refractivity contribution is -0.0432. The van der Waals surface area contributed by atoms with Gasteiger partial charge in [-0.2, -0.15) is 0 Å². The number of anilines is 1. The molecule has 0 radical (unpaired) electrons. The van der Waals surface area contributed by atoms with Crippen molar-refractivity contribution in [3.05, 3.63) is 18.5 Å². The van der Waals surface area contributed by atoms with Gasteiger partial charge in [0.05, 0.1) is 19.0 Å². The average molecular weight is 250 g/mol. The number of aromatic nitrogens is 3. The van der Waals surface area contributed by atoms with Crippen molar-refractivity contribution in [2.45, 2.75) is 24.9 Å². The predicted octanol–water partition coefficient (Wildman–Crippen LogP) is -0.346. The number of hydrogen-bond donors (Lipinski definition) is 3. The van der Waals surface area contributed by atoms with Crippen LogP contribution in [0.2, 0.25) is 0 Å². The van der Waals surface area contributed by atoms with E-state index in [4.69, 9.17) is 15.6 Å². The molecule has 1 aliphatic heterocycles. The summed E-state index contributed by atoms with van der Waals surface area (Å²) in [5, 5.41) is 18.8. The van der Waals surface area contributed by atoms with Crippen LogP contribution in [0.1, 0.15) is 12.6 Å². The second-order valence-corrected chi connectivity index (χ2v) is 4.35. The third kappa shape index (κ3) is 1.72. The van der Waals surface area contributed by atoms with Gasteiger partial charge in [-0.1, -0.05) is 0 Å². The summed E-state index contributed by atoms with van der Waals surface area (Å²) in [6, 6.07) is 3.46. The Bertz CT molecular complexity index is 570. The summed E-state index contributed by atoms with van der Waals surface area (Å²) in [5.41, 5.74) is 6.98. The van der Waals surface area contributed by atoms with Gasteiger partial charge in [0.2, 0.25) is 0 Å². The van der Waals surface area contributed by atoms with Crippen LogP contribution in [0.15, 0.2) is 18.5 Å². The van der Waals surface area contributed by atoms with Crippen molar-refractivity contribution in [3.63, 3.8) is 0 Å². The quantitative estimate of drug-likeness (QED) is 0.673. The highest BCUT2D eigenvalue weighted by Crippen LogP contribution is 2.30. The molecule has 2 aromatic rings. The maximum Gasteiger partial charge on any atom is 0.164 e. The molecule has 1 fully saturated rings. The predicted molar refractivity (Wildman–Crippen MR) is 63.6 cm³/mol. The minimum absolute atomic E-state index is 0.208. The van der Waals surface area contributed by atoms with Crippen LogP contribution in [-0.2, 0) is 4.74 Å². The molecule has 1 saturated heterocycles. The van der Waals surface area contributed by atoms with Crippen LogP contribution >= 0.6 is 0 Å². The molecule has 2 aromatic heterocycles. The maximum absolute atomic E-state index is 9.72. The lowest BCUT2D eigenvalue weighted by Crippen LogP contribution is -2.24. The molecule has 0 aromatic carbocycles. The molecule has 3 atom stereocenters. The van der Waals surface area contributed by atoms with Crippen LogP contribution in [0, 0.1) is 0 Å². The van der Waals surface area contributed by atoms with Crippen LogP contribution in [0.4, 0.5) is 5.82 Å². The monoisotopic (exact) mass is 250 g/mol. The summed E-state index contributed by atoms with van der Waals surface area (Å²) in [5.74, 6) is 0.404. The molecule has 0 bridgehead atoms. The van der Waals surface area contributed by atoms with Crippen LogP contribution in [0.5, 0.6) is 0 Å². The van der Waals surface area contributed by atoms with E-state index in [0.717, 1.165) is 5.52 Å². The smallest absolute Gasteiger partial charge is 0.164 e. The lowest BCUT2D eigenvalue weighted by Gasteiger charge is -2.13. The number of rotatable bonds is 2. The number of ether oxygens (including phenoxy) is 1. The number of nitrogens with two attached hydrogens (primary N) is 1. The number of imidazole rings is 1. The van der Waals surface area contributed by atoms with E-state index in [1.54, 1.807) is 23.0 Å². The molecule has 0 amide bonds. The Morgan fingerprint density at radius 1 is 1.50 bits per heavy atom. The Kier molecular flexibility index (Phi) is 2.66. The summed E-state index contributed by atoms with van der Waals surface area (Å²) in [6.45, 7) is -0.208. The summed E-state index contributed by atoms with van der Waals surface area (Å²) in [7, 11) is 0. The number of pyridine rings is 1. The zero-order chi connectivity index (χ0) is 12.7. The van der Waals surface area contributed by atoms with Crippen molar-refractivity contribution in [1.29, 1.82) is 0 Å². The molecule has 3 heterocycles. The average Bonchev–Trinajstić information content (AvgIpc) is 2.91. The van der Waals surface area contributed by atoms with E-state index < -0.39 is 12.2 Å². The highest BCUT2D eigenvalue weighted by atomic mass is 16.5. The van der Waals surface area contributed by atoms with Crippen molar-refractivity contribution < 1.29 is 14.9 Å². The van der Waals surface area contributed by atoms with Crippen molar-refractivity contribution in [3.8, 4) is 0 Å². The van der Waals surface area contributed by atoms with Crippen molar-refractivity contribution in [2.75, 3.05) is 12.3 Å². The molecule has 3 rings (SSSR count). The number of aliphatic hydroxyl groups excluding tert-OH is 2. The van der Waals surface area contributed by atoms with Gasteiger partial charge in [-0.05, 0) is 12.1 Å². The third-order valence-electron chi connectivity index (χ3n) is 3.14. The Morgan fingerprint density at radius 3 is 3.06 bits per heavy atom. The largest absolute Gasteiger partial charge is 0.394 e. The Morgan fingerprint density at radius 2 is 2.33 bits per heavy atom. The minimum atomic E-state index is -0.682. The SMILES string of the molecule is Nc1ccc2ncn([C@H]3C[C@H](O)[C@@H](CO)O3)c2n1. The van der Waals surface area contributed by atoms with Crippen LogP contribution < -0.4 is 5.73 Å². The summed E-state index contributed by atoms with van der Waals surface area (Å²) < 4.78 is 7.28. The second kappa shape index (κ2) is 4.20. The first-order chi connectivity index (χ1) is 8.69. The topological polar surface area (TPSA) is 106 Å². The first kappa shape index (κ1) is 11.4. The van der Waals surface area contributed by atoms with Gasteiger partial charge in [0.25, 0.3) is 0 Å². The van der Waals surface area contributed by atoms with E-state index in [9.17, 15) is 5.11 Å². The summed E-state index contributed by atoms with van der Waals surface area (Å²) in [4.78, 5) is 8.41. The first-order valence-corrected chi connectivity index (χ1v) is 5.72. The molecule has 1 aliphatic rings. The summed E-state index contributed by atoms with van der Waals surface area (Å²) >= 11 is 0. The molecule has 0 spiro atoms. The molecule has 0 saturated carbocycles. The van der Waals surface area contributed by atoms with Gasteiger partial charge in [-0.3, -0.25) is 4.57 Å². The molecule has 4 N–H and O–H groups in total. The molecule has 7 nitrogen and oxygen atoms in total. The molecule has 18 heavy (non-hydrogen) atoms. The zero-order valence-corrected chi connectivity index (χ0v) is 9.60. The van der Waals surface area contributed by atoms with E-state index in [1.165, 1.54) is 0 Å².